The van der Waals surface area contributed by atoms with Crippen molar-refractivity contribution in [2.45, 2.75) is 33.7 Å². The van der Waals surface area contributed by atoms with Crippen molar-refractivity contribution in [1.29, 1.82) is 0 Å². The molecule has 0 N–H and O–H groups in total. The highest BCUT2D eigenvalue weighted by Gasteiger charge is 2.20. The van der Waals surface area contributed by atoms with Gasteiger partial charge in [0.1, 0.15) is 6.20 Å². The van der Waals surface area contributed by atoms with E-state index in [0.717, 1.165) is 0 Å². The number of hydrogen-bond acceptors (Lipinski definition) is 6. The Morgan fingerprint density at radius 2 is 2.26 bits per heavy atom. The number of aromatic nitrogens is 4. The van der Waals surface area contributed by atoms with Gasteiger partial charge < -0.3 is 14.6 Å². The largest absolute Gasteiger partial charge is 0.358 e. The number of aryl methyl sites for hydroxylation is 1. The first kappa shape index (κ1) is 13.2. The normalized spacial score (nSPS) is 11.2. The Morgan fingerprint density at radius 3 is 2.89 bits per heavy atom. The van der Waals surface area contributed by atoms with Crippen molar-refractivity contribution in [2.24, 2.45) is 5.92 Å². The van der Waals surface area contributed by atoms with E-state index in [4.69, 9.17) is 4.52 Å². The molecule has 2 aromatic heterocycles. The lowest BCUT2D eigenvalue weighted by Gasteiger charge is -1.99. The van der Waals surface area contributed by atoms with Gasteiger partial charge in [-0.3, -0.25) is 0 Å². The molecule has 0 atom stereocenters. The second kappa shape index (κ2) is 5.17. The van der Waals surface area contributed by atoms with Crippen molar-refractivity contribution in [1.82, 2.24) is 19.7 Å². The van der Waals surface area contributed by atoms with Crippen LogP contribution in [-0.2, 0) is 13.0 Å². The average molecular weight is 265 g/mol. The van der Waals surface area contributed by atoms with E-state index in [2.05, 4.69) is 29.0 Å². The van der Waals surface area contributed by atoms with Gasteiger partial charge in [-0.2, -0.15) is 4.98 Å². The molecule has 0 saturated heterocycles. The van der Waals surface area contributed by atoms with Crippen molar-refractivity contribution in [3.63, 3.8) is 0 Å². The summed E-state index contributed by atoms with van der Waals surface area (Å²) in [6.07, 6.45) is 1.92. The van der Waals surface area contributed by atoms with Gasteiger partial charge in [-0.25, -0.2) is 9.55 Å². The first-order chi connectivity index (χ1) is 8.97. The summed E-state index contributed by atoms with van der Waals surface area (Å²) in [6, 6.07) is 0. The molecule has 2 aromatic rings. The number of imidazole rings is 1. The van der Waals surface area contributed by atoms with Gasteiger partial charge in [-0.1, -0.05) is 19.0 Å². The van der Waals surface area contributed by atoms with Crippen LogP contribution in [-0.4, -0.2) is 24.6 Å². The summed E-state index contributed by atoms with van der Waals surface area (Å²) in [4.78, 5) is 18.5. The molecule has 8 heteroatoms. The summed E-state index contributed by atoms with van der Waals surface area (Å²) >= 11 is 0. The Bertz CT molecular complexity index is 587. The van der Waals surface area contributed by atoms with Gasteiger partial charge in [0.25, 0.3) is 0 Å². The maximum absolute atomic E-state index is 10.9. The van der Waals surface area contributed by atoms with Gasteiger partial charge in [-0.05, 0) is 10.8 Å². The molecule has 0 spiro atoms. The molecule has 2 heterocycles. The Balaban J connectivity index is 2.19. The van der Waals surface area contributed by atoms with E-state index in [1.807, 2.05) is 0 Å². The zero-order valence-electron chi connectivity index (χ0n) is 11.0. The molecule has 8 nitrogen and oxygen atoms in total. The molecule has 0 saturated carbocycles. The molecule has 19 heavy (non-hydrogen) atoms. The first-order valence-corrected chi connectivity index (χ1v) is 5.95. The zero-order chi connectivity index (χ0) is 14.0. The molecule has 0 unspecified atom stereocenters. The third-order valence-electron chi connectivity index (χ3n) is 2.61. The lowest BCUT2D eigenvalue weighted by Crippen LogP contribution is -2.07. The molecule has 0 bridgehead atoms. The molecule has 0 radical (unpaired) electrons. The summed E-state index contributed by atoms with van der Waals surface area (Å²) in [5.74, 6) is 1.84. The SMILES string of the molecule is Cc1ncc([N+](=O)[O-])n1Cc1noc(CC(C)C)n1. The lowest BCUT2D eigenvalue weighted by atomic mass is 10.1. The molecule has 0 aliphatic rings. The number of rotatable bonds is 5. The van der Waals surface area contributed by atoms with Crippen LogP contribution in [0.15, 0.2) is 10.7 Å². The number of hydrogen-bond donors (Lipinski definition) is 0. The fourth-order valence-electron chi connectivity index (χ4n) is 1.73. The number of nitrogens with zero attached hydrogens (tertiary/aromatic N) is 5. The highest BCUT2D eigenvalue weighted by Crippen LogP contribution is 2.15. The third kappa shape index (κ3) is 2.95. The molecular formula is C11H15N5O3. The lowest BCUT2D eigenvalue weighted by molar-refractivity contribution is -0.392. The number of nitro groups is 1. The Kier molecular flexibility index (Phi) is 3.59. The van der Waals surface area contributed by atoms with Gasteiger partial charge in [0.05, 0.1) is 0 Å². The van der Waals surface area contributed by atoms with Crippen molar-refractivity contribution in [3.8, 4) is 0 Å². The van der Waals surface area contributed by atoms with Crippen LogP contribution in [0.3, 0.4) is 0 Å². The Labute approximate surface area is 109 Å². The smallest absolute Gasteiger partial charge is 0.343 e. The van der Waals surface area contributed by atoms with Crippen LogP contribution in [0, 0.1) is 23.0 Å². The van der Waals surface area contributed by atoms with Crippen LogP contribution in [0.2, 0.25) is 0 Å². The molecule has 0 aliphatic heterocycles. The summed E-state index contributed by atoms with van der Waals surface area (Å²) in [5.41, 5.74) is 0. The summed E-state index contributed by atoms with van der Waals surface area (Å²) in [6.45, 7) is 5.98. The van der Waals surface area contributed by atoms with Crippen LogP contribution in [0.4, 0.5) is 5.82 Å². The maximum Gasteiger partial charge on any atom is 0.343 e. The second-order valence-electron chi connectivity index (χ2n) is 4.71. The van der Waals surface area contributed by atoms with Crippen LogP contribution in [0.25, 0.3) is 0 Å². The molecule has 2 rings (SSSR count). The highest BCUT2D eigenvalue weighted by atomic mass is 16.6. The van der Waals surface area contributed by atoms with Crippen molar-refractivity contribution in [3.05, 3.63) is 33.9 Å². The maximum atomic E-state index is 10.9. The van der Waals surface area contributed by atoms with Crippen molar-refractivity contribution >= 4 is 5.82 Å². The topological polar surface area (TPSA) is 99.9 Å². The van der Waals surface area contributed by atoms with Gasteiger partial charge in [-0.15, -0.1) is 0 Å². The minimum Gasteiger partial charge on any atom is -0.358 e. The van der Waals surface area contributed by atoms with Crippen LogP contribution in [0.1, 0.15) is 31.4 Å². The minimum atomic E-state index is -0.477. The summed E-state index contributed by atoms with van der Waals surface area (Å²) < 4.78 is 6.55. The van der Waals surface area contributed by atoms with E-state index in [9.17, 15) is 10.1 Å². The van der Waals surface area contributed by atoms with Crippen molar-refractivity contribution in [2.75, 3.05) is 0 Å². The van der Waals surface area contributed by atoms with Gasteiger partial charge in [0.15, 0.2) is 12.4 Å². The van der Waals surface area contributed by atoms with E-state index in [0.29, 0.717) is 29.9 Å². The van der Waals surface area contributed by atoms with E-state index in [1.165, 1.54) is 10.8 Å². The molecule has 0 aliphatic carbocycles. The average Bonchev–Trinajstić information content (AvgIpc) is 2.87. The molecule has 0 fully saturated rings. The van der Waals surface area contributed by atoms with Gasteiger partial charge >= 0.3 is 5.82 Å². The zero-order valence-corrected chi connectivity index (χ0v) is 11.0. The Hall–Kier alpha value is -2.25. The van der Waals surface area contributed by atoms with Crippen LogP contribution >= 0.6 is 0 Å². The van der Waals surface area contributed by atoms with Gasteiger partial charge in [0.2, 0.25) is 11.7 Å². The van der Waals surface area contributed by atoms with Gasteiger partial charge in [0, 0.05) is 13.3 Å². The second-order valence-corrected chi connectivity index (χ2v) is 4.71. The van der Waals surface area contributed by atoms with Crippen molar-refractivity contribution < 1.29 is 9.45 Å². The fraction of sp³-hybridized carbons (Fsp3) is 0.545. The standard InChI is InChI=1S/C11H15N5O3/c1-7(2)4-10-13-9(14-19-10)6-15-8(3)12-5-11(15)16(17)18/h5,7H,4,6H2,1-3H3. The molecular weight excluding hydrogens is 250 g/mol. The van der Waals surface area contributed by atoms with E-state index < -0.39 is 4.92 Å². The van der Waals surface area contributed by atoms with Crippen LogP contribution < -0.4 is 0 Å². The van der Waals surface area contributed by atoms with E-state index in [1.54, 1.807) is 6.92 Å². The predicted molar refractivity (Wildman–Crippen MR) is 65.6 cm³/mol. The third-order valence-corrected chi connectivity index (χ3v) is 2.61. The first-order valence-electron chi connectivity index (χ1n) is 5.95. The molecule has 0 aromatic carbocycles. The minimum absolute atomic E-state index is 0.0762. The summed E-state index contributed by atoms with van der Waals surface area (Å²) in [5, 5.41) is 14.7. The quantitative estimate of drug-likeness (QED) is 0.602. The van der Waals surface area contributed by atoms with E-state index in [-0.39, 0.29) is 12.4 Å². The Morgan fingerprint density at radius 1 is 1.53 bits per heavy atom. The van der Waals surface area contributed by atoms with E-state index >= 15 is 0 Å². The fourth-order valence-corrected chi connectivity index (χ4v) is 1.73. The molecule has 102 valence electrons. The molecule has 0 amide bonds. The predicted octanol–water partition coefficient (Wildman–Crippen LogP) is 1.73. The monoisotopic (exact) mass is 265 g/mol. The van der Waals surface area contributed by atoms with Crippen LogP contribution in [0.5, 0.6) is 0 Å². The highest BCUT2D eigenvalue weighted by molar-refractivity contribution is 5.19. The summed E-state index contributed by atoms with van der Waals surface area (Å²) in [7, 11) is 0.